The second-order valence-electron chi connectivity index (χ2n) is 6.10. The Morgan fingerprint density at radius 2 is 1.90 bits per heavy atom. The number of carbonyl (C=O) groups excluding carboxylic acids is 1. The van der Waals surface area contributed by atoms with E-state index in [0.717, 1.165) is 0 Å². The smallest absolute Gasteiger partial charge is 0.277 e. The number of nitrogens with one attached hydrogen (secondary N) is 2. The second kappa shape index (κ2) is 8.80. The summed E-state index contributed by atoms with van der Waals surface area (Å²) in [5.74, 6) is -1.07. The third-order valence-corrected chi connectivity index (χ3v) is 5.22. The Bertz CT molecular complexity index is 1120. The minimum absolute atomic E-state index is 0.0106. The van der Waals surface area contributed by atoms with Gasteiger partial charge >= 0.3 is 0 Å². The fraction of sp³-hybridized carbons (Fsp3) is 0.100. The minimum Gasteiger partial charge on any atom is -0.355 e. The summed E-state index contributed by atoms with van der Waals surface area (Å²) in [4.78, 5) is 12.3. The number of benzene rings is 2. The zero-order valence-electron chi connectivity index (χ0n) is 15.3. The predicted octanol–water partition coefficient (Wildman–Crippen LogP) is 3.34. The Morgan fingerprint density at radius 3 is 2.59 bits per heavy atom. The van der Waals surface area contributed by atoms with Crippen molar-refractivity contribution in [2.24, 2.45) is 0 Å². The van der Waals surface area contributed by atoms with Crippen molar-refractivity contribution >= 4 is 21.6 Å². The zero-order valence-corrected chi connectivity index (χ0v) is 16.1. The number of nitrogens with zero attached hydrogens (tertiary/aromatic N) is 1. The molecule has 2 aromatic carbocycles. The molecule has 1 aromatic heterocycles. The molecular formula is C20H18FN3O4S. The summed E-state index contributed by atoms with van der Waals surface area (Å²) in [5, 5.41) is 6.30. The SMILES string of the molecule is C=CCNS(=O)(=O)Cc1ccc(NC(=O)c2cc(-c3ccccc3F)on2)cc1. The monoisotopic (exact) mass is 415 g/mol. The first kappa shape index (κ1) is 20.4. The van der Waals surface area contributed by atoms with Crippen molar-refractivity contribution in [2.45, 2.75) is 5.75 Å². The lowest BCUT2D eigenvalue weighted by molar-refractivity contribution is 0.101. The van der Waals surface area contributed by atoms with Gasteiger partial charge in [0.1, 0.15) is 5.82 Å². The third-order valence-electron chi connectivity index (χ3n) is 3.90. The van der Waals surface area contributed by atoms with Crippen LogP contribution in [0.1, 0.15) is 16.1 Å². The highest BCUT2D eigenvalue weighted by atomic mass is 32.2. The Hall–Kier alpha value is -3.30. The first-order valence-corrected chi connectivity index (χ1v) is 10.2. The molecule has 0 spiro atoms. The van der Waals surface area contributed by atoms with Gasteiger partial charge < -0.3 is 9.84 Å². The number of carbonyl (C=O) groups is 1. The average molecular weight is 415 g/mol. The summed E-state index contributed by atoms with van der Waals surface area (Å²) in [5.41, 5.74) is 1.20. The van der Waals surface area contributed by atoms with E-state index < -0.39 is 21.7 Å². The van der Waals surface area contributed by atoms with Gasteiger partial charge in [-0.1, -0.05) is 35.5 Å². The van der Waals surface area contributed by atoms with Crippen molar-refractivity contribution in [3.8, 4) is 11.3 Å². The molecule has 3 aromatic rings. The summed E-state index contributed by atoms with van der Waals surface area (Å²) in [7, 11) is -3.46. The molecule has 0 aliphatic heterocycles. The van der Waals surface area contributed by atoms with Crippen LogP contribution in [0.4, 0.5) is 10.1 Å². The van der Waals surface area contributed by atoms with E-state index in [1.54, 1.807) is 36.4 Å². The lowest BCUT2D eigenvalue weighted by atomic mass is 10.1. The molecule has 1 amide bonds. The van der Waals surface area contributed by atoms with E-state index in [1.165, 1.54) is 24.3 Å². The highest BCUT2D eigenvalue weighted by Crippen LogP contribution is 2.23. The zero-order chi connectivity index (χ0) is 20.9. The fourth-order valence-corrected chi connectivity index (χ4v) is 3.61. The van der Waals surface area contributed by atoms with E-state index in [-0.39, 0.29) is 29.3 Å². The van der Waals surface area contributed by atoms with Crippen LogP contribution < -0.4 is 10.0 Å². The maximum absolute atomic E-state index is 13.8. The van der Waals surface area contributed by atoms with E-state index in [2.05, 4.69) is 21.8 Å². The molecular weight excluding hydrogens is 397 g/mol. The van der Waals surface area contributed by atoms with Gasteiger partial charge in [0.25, 0.3) is 5.91 Å². The molecule has 0 aliphatic rings. The van der Waals surface area contributed by atoms with Gasteiger partial charge in [-0.3, -0.25) is 4.79 Å². The Kier molecular flexibility index (Phi) is 6.20. The van der Waals surface area contributed by atoms with Gasteiger partial charge in [0, 0.05) is 18.3 Å². The number of anilines is 1. The Balaban J connectivity index is 1.66. The van der Waals surface area contributed by atoms with Crippen LogP contribution in [0.25, 0.3) is 11.3 Å². The highest BCUT2D eigenvalue weighted by Gasteiger charge is 2.16. The first-order valence-electron chi connectivity index (χ1n) is 8.58. The van der Waals surface area contributed by atoms with E-state index in [1.807, 2.05) is 0 Å². The van der Waals surface area contributed by atoms with Crippen LogP contribution in [-0.2, 0) is 15.8 Å². The third kappa shape index (κ3) is 5.37. The molecule has 0 aliphatic carbocycles. The highest BCUT2D eigenvalue weighted by molar-refractivity contribution is 7.88. The first-order chi connectivity index (χ1) is 13.9. The second-order valence-corrected chi connectivity index (χ2v) is 7.91. The molecule has 2 N–H and O–H groups in total. The predicted molar refractivity (Wildman–Crippen MR) is 107 cm³/mol. The van der Waals surface area contributed by atoms with Gasteiger partial charge in [-0.2, -0.15) is 0 Å². The average Bonchev–Trinajstić information content (AvgIpc) is 3.18. The quantitative estimate of drug-likeness (QED) is 0.550. The van der Waals surface area contributed by atoms with E-state index in [4.69, 9.17) is 4.52 Å². The molecule has 0 saturated heterocycles. The van der Waals surface area contributed by atoms with Crippen LogP contribution in [0.3, 0.4) is 0 Å². The van der Waals surface area contributed by atoms with Gasteiger partial charge in [0.2, 0.25) is 10.0 Å². The van der Waals surface area contributed by atoms with Crippen molar-refractivity contribution in [2.75, 3.05) is 11.9 Å². The molecule has 0 unspecified atom stereocenters. The Morgan fingerprint density at radius 1 is 1.17 bits per heavy atom. The summed E-state index contributed by atoms with van der Waals surface area (Å²) in [6.45, 7) is 3.62. The van der Waals surface area contributed by atoms with Crippen molar-refractivity contribution < 1.29 is 22.1 Å². The number of hydrogen-bond acceptors (Lipinski definition) is 5. The maximum Gasteiger partial charge on any atom is 0.277 e. The molecule has 3 rings (SSSR count). The molecule has 0 fully saturated rings. The lowest BCUT2D eigenvalue weighted by Crippen LogP contribution is -2.25. The van der Waals surface area contributed by atoms with Gasteiger partial charge in [-0.25, -0.2) is 17.5 Å². The van der Waals surface area contributed by atoms with E-state index >= 15 is 0 Å². The summed E-state index contributed by atoms with van der Waals surface area (Å²) < 4.78 is 45.0. The van der Waals surface area contributed by atoms with Crippen LogP contribution in [0, 0.1) is 5.82 Å². The Labute approximate surface area is 167 Å². The number of halogens is 1. The normalized spacial score (nSPS) is 11.2. The number of rotatable bonds is 8. The molecule has 0 atom stereocenters. The van der Waals surface area contributed by atoms with Gasteiger partial charge in [-0.05, 0) is 29.8 Å². The number of hydrogen-bond donors (Lipinski definition) is 2. The molecule has 29 heavy (non-hydrogen) atoms. The molecule has 7 nitrogen and oxygen atoms in total. The van der Waals surface area contributed by atoms with Crippen molar-refractivity contribution in [1.29, 1.82) is 0 Å². The summed E-state index contributed by atoms with van der Waals surface area (Å²) in [6, 6.07) is 13.7. The van der Waals surface area contributed by atoms with Crippen LogP contribution in [0.15, 0.2) is 71.8 Å². The maximum atomic E-state index is 13.8. The number of amides is 1. The van der Waals surface area contributed by atoms with Gasteiger partial charge in [0.15, 0.2) is 11.5 Å². The molecule has 0 radical (unpaired) electrons. The molecule has 0 saturated carbocycles. The fourth-order valence-electron chi connectivity index (χ4n) is 2.51. The van der Waals surface area contributed by atoms with Crippen LogP contribution in [0.2, 0.25) is 0 Å². The topological polar surface area (TPSA) is 101 Å². The van der Waals surface area contributed by atoms with Crippen LogP contribution in [0.5, 0.6) is 0 Å². The summed E-state index contributed by atoms with van der Waals surface area (Å²) in [6.07, 6.45) is 1.46. The van der Waals surface area contributed by atoms with Crippen LogP contribution in [-0.4, -0.2) is 26.0 Å². The standard InChI is InChI=1S/C20H18FN3O4S/c1-2-11-22-29(26,27)13-14-7-9-15(10-8-14)23-20(25)18-12-19(28-24-18)16-5-3-4-6-17(16)21/h2-10,12,22H,1,11,13H2,(H,23,25). The number of sulfonamides is 1. The van der Waals surface area contributed by atoms with Crippen LogP contribution >= 0.6 is 0 Å². The van der Waals surface area contributed by atoms with Crippen molar-refractivity contribution in [3.05, 3.63) is 84.3 Å². The molecule has 9 heteroatoms. The van der Waals surface area contributed by atoms with Crippen molar-refractivity contribution in [3.63, 3.8) is 0 Å². The number of aromatic nitrogens is 1. The molecule has 150 valence electrons. The minimum atomic E-state index is -3.46. The lowest BCUT2D eigenvalue weighted by Gasteiger charge is -2.07. The van der Waals surface area contributed by atoms with Gasteiger partial charge in [-0.15, -0.1) is 6.58 Å². The van der Waals surface area contributed by atoms with E-state index in [9.17, 15) is 17.6 Å². The molecule has 1 heterocycles. The largest absolute Gasteiger partial charge is 0.355 e. The van der Waals surface area contributed by atoms with Crippen molar-refractivity contribution in [1.82, 2.24) is 9.88 Å². The summed E-state index contributed by atoms with van der Waals surface area (Å²) >= 11 is 0. The molecule has 0 bridgehead atoms. The van der Waals surface area contributed by atoms with E-state index in [0.29, 0.717) is 11.3 Å². The van der Waals surface area contributed by atoms with Gasteiger partial charge in [0.05, 0.1) is 11.3 Å².